The van der Waals surface area contributed by atoms with Crippen LogP contribution in [0, 0.1) is 5.92 Å². The van der Waals surface area contributed by atoms with Gasteiger partial charge in [0, 0.05) is 25.3 Å². The summed E-state index contributed by atoms with van der Waals surface area (Å²) in [6.07, 6.45) is 3.52. The number of nitrogens with zero attached hydrogens (tertiary/aromatic N) is 2. The van der Waals surface area contributed by atoms with Gasteiger partial charge in [-0.05, 0) is 36.5 Å². The lowest BCUT2D eigenvalue weighted by Gasteiger charge is -2.39. The number of nitrogens with two attached hydrogens (primary N) is 1. The Balaban J connectivity index is 1.61. The van der Waals surface area contributed by atoms with E-state index in [2.05, 4.69) is 27.3 Å². The molecule has 1 aliphatic rings. The third-order valence-corrected chi connectivity index (χ3v) is 4.77. The molecule has 6 heteroatoms. The molecule has 0 unspecified atom stereocenters. The Morgan fingerprint density at radius 2 is 1.88 bits per heavy atom. The Morgan fingerprint density at radius 3 is 2.58 bits per heavy atom. The number of pyridine rings is 1. The van der Waals surface area contributed by atoms with Crippen LogP contribution in [-0.2, 0) is 4.79 Å². The number of carbonyl (C=O) groups is 2. The van der Waals surface area contributed by atoms with Gasteiger partial charge in [0.2, 0.25) is 5.91 Å². The number of benzene rings is 1. The highest BCUT2D eigenvalue weighted by molar-refractivity contribution is 5.92. The maximum absolute atomic E-state index is 12.2. The Labute approximate surface area is 153 Å². The predicted octanol–water partition coefficient (Wildman–Crippen LogP) is 1.75. The van der Waals surface area contributed by atoms with Crippen LogP contribution >= 0.6 is 0 Å². The molecule has 2 amide bonds. The highest BCUT2D eigenvalue weighted by atomic mass is 16.2. The highest BCUT2D eigenvalue weighted by Crippen LogP contribution is 2.32. The molecule has 1 fully saturated rings. The van der Waals surface area contributed by atoms with Gasteiger partial charge < -0.3 is 11.1 Å². The molecule has 0 spiro atoms. The van der Waals surface area contributed by atoms with E-state index in [9.17, 15) is 9.59 Å². The fourth-order valence-corrected chi connectivity index (χ4v) is 3.55. The highest BCUT2D eigenvalue weighted by Gasteiger charge is 2.30. The van der Waals surface area contributed by atoms with Crippen molar-refractivity contribution in [3.05, 3.63) is 66.0 Å². The summed E-state index contributed by atoms with van der Waals surface area (Å²) in [5.41, 5.74) is 7.06. The van der Waals surface area contributed by atoms with Gasteiger partial charge in [0.05, 0.1) is 6.54 Å². The molecule has 1 aliphatic heterocycles. The number of amides is 2. The van der Waals surface area contributed by atoms with E-state index in [1.54, 1.807) is 24.4 Å². The molecule has 3 rings (SSSR count). The van der Waals surface area contributed by atoms with Crippen LogP contribution in [0.2, 0.25) is 0 Å². The van der Waals surface area contributed by atoms with Crippen molar-refractivity contribution in [3.63, 3.8) is 0 Å². The van der Waals surface area contributed by atoms with E-state index in [0.717, 1.165) is 19.4 Å². The first-order valence-electron chi connectivity index (χ1n) is 8.90. The number of aromatic nitrogens is 1. The summed E-state index contributed by atoms with van der Waals surface area (Å²) < 4.78 is 0. The summed E-state index contributed by atoms with van der Waals surface area (Å²) in [6.45, 7) is 1.52. The van der Waals surface area contributed by atoms with Gasteiger partial charge in [-0.3, -0.25) is 19.5 Å². The monoisotopic (exact) mass is 352 g/mol. The van der Waals surface area contributed by atoms with Crippen molar-refractivity contribution in [2.45, 2.75) is 18.9 Å². The molecule has 3 N–H and O–H groups in total. The van der Waals surface area contributed by atoms with Gasteiger partial charge in [-0.25, -0.2) is 0 Å². The van der Waals surface area contributed by atoms with Crippen molar-refractivity contribution in [2.75, 3.05) is 19.6 Å². The second kappa shape index (κ2) is 8.58. The lowest BCUT2D eigenvalue weighted by atomic mass is 9.89. The summed E-state index contributed by atoms with van der Waals surface area (Å²) in [5.74, 6) is -0.219. The first kappa shape index (κ1) is 18.1. The molecule has 6 nitrogen and oxygen atoms in total. The van der Waals surface area contributed by atoms with Crippen LogP contribution in [0.1, 0.15) is 34.9 Å². The molecule has 2 atom stereocenters. The first-order chi connectivity index (χ1) is 12.6. The maximum atomic E-state index is 12.2. The summed E-state index contributed by atoms with van der Waals surface area (Å²) >= 11 is 0. The second-order valence-electron chi connectivity index (χ2n) is 6.69. The number of piperidine rings is 1. The molecule has 0 aliphatic carbocycles. The molecule has 26 heavy (non-hydrogen) atoms. The molecule has 1 aromatic heterocycles. The fourth-order valence-electron chi connectivity index (χ4n) is 3.55. The van der Waals surface area contributed by atoms with E-state index in [1.807, 2.05) is 18.2 Å². The van der Waals surface area contributed by atoms with Crippen molar-refractivity contribution in [2.24, 2.45) is 11.7 Å². The number of hydrogen-bond donors (Lipinski definition) is 2. The lowest BCUT2D eigenvalue weighted by Crippen LogP contribution is -2.45. The van der Waals surface area contributed by atoms with E-state index in [1.165, 1.54) is 5.56 Å². The van der Waals surface area contributed by atoms with Crippen LogP contribution in [0.5, 0.6) is 0 Å². The Morgan fingerprint density at radius 1 is 1.12 bits per heavy atom. The largest absolute Gasteiger partial charge is 0.369 e. The molecule has 2 aromatic rings. The van der Waals surface area contributed by atoms with E-state index in [0.29, 0.717) is 12.2 Å². The number of carbonyl (C=O) groups excluding carboxylic acids is 2. The normalized spacial score (nSPS) is 20.5. The van der Waals surface area contributed by atoms with Crippen molar-refractivity contribution in [1.82, 2.24) is 15.2 Å². The molecule has 0 bridgehead atoms. The molecular formula is C20H24N4O2. The molecule has 0 radical (unpaired) electrons. The summed E-state index contributed by atoms with van der Waals surface area (Å²) in [4.78, 5) is 29.9. The predicted molar refractivity (Wildman–Crippen MR) is 99.2 cm³/mol. The molecule has 2 heterocycles. The van der Waals surface area contributed by atoms with Crippen molar-refractivity contribution >= 4 is 11.8 Å². The van der Waals surface area contributed by atoms with Crippen LogP contribution in [0.3, 0.4) is 0 Å². The molecular weight excluding hydrogens is 328 g/mol. The number of nitrogens with one attached hydrogen (secondary N) is 1. The number of likely N-dealkylation sites (tertiary alicyclic amines) is 1. The Hall–Kier alpha value is -2.73. The molecule has 136 valence electrons. The van der Waals surface area contributed by atoms with Crippen molar-refractivity contribution in [3.8, 4) is 0 Å². The zero-order valence-corrected chi connectivity index (χ0v) is 14.7. The van der Waals surface area contributed by atoms with Crippen LogP contribution < -0.4 is 11.1 Å². The summed E-state index contributed by atoms with van der Waals surface area (Å²) in [7, 11) is 0. The van der Waals surface area contributed by atoms with E-state index in [-0.39, 0.29) is 30.3 Å². The van der Waals surface area contributed by atoms with E-state index in [4.69, 9.17) is 5.73 Å². The van der Waals surface area contributed by atoms with Gasteiger partial charge in [0.1, 0.15) is 5.69 Å². The average molecular weight is 352 g/mol. The van der Waals surface area contributed by atoms with Crippen LogP contribution in [0.4, 0.5) is 0 Å². The quantitative estimate of drug-likeness (QED) is 0.829. The first-order valence-corrected chi connectivity index (χ1v) is 8.90. The smallest absolute Gasteiger partial charge is 0.269 e. The van der Waals surface area contributed by atoms with Crippen LogP contribution in [-0.4, -0.2) is 41.3 Å². The third kappa shape index (κ3) is 4.67. The fraction of sp³-hybridized carbons (Fsp3) is 0.350. The molecule has 1 saturated heterocycles. The van der Waals surface area contributed by atoms with E-state index < -0.39 is 0 Å². The second-order valence-corrected chi connectivity index (χ2v) is 6.69. The Bertz CT molecular complexity index is 736. The summed E-state index contributed by atoms with van der Waals surface area (Å²) in [5, 5.41) is 2.95. The SMILES string of the molecule is NC(=O)CN1C[C@@H](CNC(=O)c2ccccn2)CC[C@H]1c1ccccc1. The standard InChI is InChI=1S/C20H24N4O2/c21-19(25)14-24-13-15(9-10-18(24)16-6-2-1-3-7-16)12-23-20(26)17-8-4-5-11-22-17/h1-8,11,15,18H,9-10,12-14H2,(H2,21,25)(H,23,26)/t15-,18+/m1/s1. The Kier molecular flexibility index (Phi) is 5.96. The van der Waals surface area contributed by atoms with Gasteiger partial charge in [0.15, 0.2) is 0 Å². The minimum atomic E-state index is -0.330. The number of hydrogen-bond acceptors (Lipinski definition) is 4. The van der Waals surface area contributed by atoms with E-state index >= 15 is 0 Å². The van der Waals surface area contributed by atoms with Gasteiger partial charge in [0.25, 0.3) is 5.91 Å². The summed E-state index contributed by atoms with van der Waals surface area (Å²) in [6, 6.07) is 15.6. The van der Waals surface area contributed by atoms with Crippen LogP contribution in [0.15, 0.2) is 54.7 Å². The molecule has 1 aromatic carbocycles. The molecule has 0 saturated carbocycles. The van der Waals surface area contributed by atoms with Gasteiger partial charge >= 0.3 is 0 Å². The minimum Gasteiger partial charge on any atom is -0.369 e. The van der Waals surface area contributed by atoms with Gasteiger partial charge in [-0.2, -0.15) is 0 Å². The third-order valence-electron chi connectivity index (χ3n) is 4.77. The zero-order chi connectivity index (χ0) is 18.4. The van der Waals surface area contributed by atoms with Crippen molar-refractivity contribution < 1.29 is 9.59 Å². The minimum absolute atomic E-state index is 0.169. The van der Waals surface area contributed by atoms with Gasteiger partial charge in [-0.1, -0.05) is 36.4 Å². The van der Waals surface area contributed by atoms with Crippen molar-refractivity contribution in [1.29, 1.82) is 0 Å². The lowest BCUT2D eigenvalue weighted by molar-refractivity contribution is -0.120. The average Bonchev–Trinajstić information content (AvgIpc) is 2.67. The maximum Gasteiger partial charge on any atom is 0.269 e. The van der Waals surface area contributed by atoms with Crippen LogP contribution in [0.25, 0.3) is 0 Å². The number of rotatable bonds is 6. The zero-order valence-electron chi connectivity index (χ0n) is 14.7. The topological polar surface area (TPSA) is 88.3 Å². The van der Waals surface area contributed by atoms with Gasteiger partial charge in [-0.15, -0.1) is 0 Å². The number of primary amides is 1.